The Bertz CT molecular complexity index is 534. The van der Waals surface area contributed by atoms with Gasteiger partial charge in [-0.3, -0.25) is 19.2 Å². The summed E-state index contributed by atoms with van der Waals surface area (Å²) >= 11 is 0. The van der Waals surface area contributed by atoms with Crippen molar-refractivity contribution in [1.82, 2.24) is 21.3 Å². The molecule has 0 bridgehead atoms. The lowest BCUT2D eigenvalue weighted by Crippen LogP contribution is -2.30. The highest BCUT2D eigenvalue weighted by Crippen LogP contribution is 2.18. The Morgan fingerprint density at radius 1 is 0.545 bits per heavy atom. The maximum absolute atomic E-state index is 11.9. The number of carbonyl (C=O) groups is 4. The van der Waals surface area contributed by atoms with Crippen LogP contribution in [0.5, 0.6) is 0 Å². The van der Waals surface area contributed by atoms with Gasteiger partial charge in [-0.1, -0.05) is 0 Å². The van der Waals surface area contributed by atoms with Gasteiger partial charge in [0.15, 0.2) is 0 Å². The molecule has 4 amide bonds. The van der Waals surface area contributed by atoms with Crippen LogP contribution in [0, 0.1) is 0 Å². The van der Waals surface area contributed by atoms with Crippen molar-refractivity contribution >= 4 is 23.6 Å². The van der Waals surface area contributed by atoms with E-state index in [1.165, 1.54) is 40.3 Å². The molecule has 0 atom stereocenters. The van der Waals surface area contributed by atoms with Crippen molar-refractivity contribution in [3.05, 3.63) is 34.4 Å². The van der Waals surface area contributed by atoms with Crippen molar-refractivity contribution in [2.75, 3.05) is 28.2 Å². The van der Waals surface area contributed by atoms with Crippen molar-refractivity contribution in [2.45, 2.75) is 0 Å². The lowest BCUT2D eigenvalue weighted by Gasteiger charge is -2.13. The topological polar surface area (TPSA) is 116 Å². The highest BCUT2D eigenvalue weighted by Gasteiger charge is 2.24. The second-order valence-corrected chi connectivity index (χ2v) is 4.26. The number of amides is 4. The molecule has 0 saturated heterocycles. The fraction of sp³-hybridized carbons (Fsp3) is 0.286. The Kier molecular flexibility index (Phi) is 5.62. The fourth-order valence-corrected chi connectivity index (χ4v) is 1.89. The summed E-state index contributed by atoms with van der Waals surface area (Å²) in [7, 11) is 5.62. The number of carbonyl (C=O) groups excluding carboxylic acids is 4. The van der Waals surface area contributed by atoms with E-state index >= 15 is 0 Å². The molecule has 0 unspecified atom stereocenters. The molecule has 0 radical (unpaired) electrons. The van der Waals surface area contributed by atoms with E-state index in [-0.39, 0.29) is 22.3 Å². The molecule has 22 heavy (non-hydrogen) atoms. The summed E-state index contributed by atoms with van der Waals surface area (Å²) in [5.41, 5.74) is 0.0300. The molecule has 0 spiro atoms. The van der Waals surface area contributed by atoms with Gasteiger partial charge in [-0.05, 0) is 12.1 Å². The Morgan fingerprint density at radius 2 is 0.727 bits per heavy atom. The number of hydrogen-bond donors (Lipinski definition) is 4. The number of nitrogens with one attached hydrogen (secondary N) is 4. The maximum Gasteiger partial charge on any atom is 0.251 e. The molecule has 4 N–H and O–H groups in total. The van der Waals surface area contributed by atoms with Crippen LogP contribution in [-0.2, 0) is 0 Å². The molecule has 0 saturated carbocycles. The summed E-state index contributed by atoms with van der Waals surface area (Å²) in [6.07, 6.45) is 0. The van der Waals surface area contributed by atoms with Crippen molar-refractivity contribution in [3.8, 4) is 0 Å². The SMILES string of the molecule is CNC(=O)c1cc(C(=O)NC)c(C(=O)NC)cc1C(=O)NC. The van der Waals surface area contributed by atoms with E-state index in [0.29, 0.717) is 0 Å². The molecule has 0 heterocycles. The minimum Gasteiger partial charge on any atom is -0.355 e. The van der Waals surface area contributed by atoms with Crippen LogP contribution in [0.3, 0.4) is 0 Å². The molecule has 118 valence electrons. The smallest absolute Gasteiger partial charge is 0.251 e. The van der Waals surface area contributed by atoms with Crippen LogP contribution in [0.2, 0.25) is 0 Å². The van der Waals surface area contributed by atoms with E-state index in [1.54, 1.807) is 0 Å². The average Bonchev–Trinajstić information content (AvgIpc) is 2.57. The van der Waals surface area contributed by atoms with Gasteiger partial charge in [0.25, 0.3) is 23.6 Å². The molecule has 0 aliphatic heterocycles. The van der Waals surface area contributed by atoms with Crippen LogP contribution in [0.1, 0.15) is 41.4 Å². The summed E-state index contributed by atoms with van der Waals surface area (Å²) in [6.45, 7) is 0. The molecule has 0 fully saturated rings. The molecule has 8 heteroatoms. The molecule has 0 aliphatic carbocycles. The van der Waals surface area contributed by atoms with E-state index in [0.717, 1.165) is 0 Å². The van der Waals surface area contributed by atoms with Gasteiger partial charge in [0.2, 0.25) is 0 Å². The lowest BCUT2D eigenvalue weighted by atomic mass is 9.96. The normalized spacial score (nSPS) is 9.64. The molecule has 1 aromatic carbocycles. The van der Waals surface area contributed by atoms with Crippen molar-refractivity contribution in [3.63, 3.8) is 0 Å². The van der Waals surface area contributed by atoms with Gasteiger partial charge in [0.1, 0.15) is 0 Å². The second kappa shape index (κ2) is 7.21. The lowest BCUT2D eigenvalue weighted by molar-refractivity contribution is 0.0918. The van der Waals surface area contributed by atoms with Crippen molar-refractivity contribution in [2.24, 2.45) is 0 Å². The molecule has 8 nitrogen and oxygen atoms in total. The van der Waals surface area contributed by atoms with E-state index in [4.69, 9.17) is 0 Å². The Balaban J connectivity index is 3.70. The summed E-state index contributed by atoms with van der Waals surface area (Å²) < 4.78 is 0. The third-order valence-electron chi connectivity index (χ3n) is 3.04. The van der Waals surface area contributed by atoms with Gasteiger partial charge in [-0.15, -0.1) is 0 Å². The maximum atomic E-state index is 11.9. The minimum atomic E-state index is -0.535. The highest BCUT2D eigenvalue weighted by atomic mass is 16.2. The van der Waals surface area contributed by atoms with E-state index in [9.17, 15) is 19.2 Å². The molecule has 0 aromatic heterocycles. The Morgan fingerprint density at radius 3 is 0.864 bits per heavy atom. The number of rotatable bonds is 4. The predicted molar refractivity (Wildman–Crippen MR) is 80.0 cm³/mol. The zero-order valence-electron chi connectivity index (χ0n) is 12.8. The minimum absolute atomic E-state index is 0.00750. The molecule has 0 aliphatic rings. The predicted octanol–water partition coefficient (Wildman–Crippen LogP) is -0.875. The summed E-state index contributed by atoms with van der Waals surface area (Å²) in [6, 6.07) is 2.46. The van der Waals surface area contributed by atoms with Crippen LogP contribution < -0.4 is 21.3 Å². The summed E-state index contributed by atoms with van der Waals surface area (Å²) in [4.78, 5) is 47.8. The average molecular weight is 306 g/mol. The monoisotopic (exact) mass is 306 g/mol. The van der Waals surface area contributed by atoms with Crippen LogP contribution in [0.15, 0.2) is 12.1 Å². The van der Waals surface area contributed by atoms with Gasteiger partial charge in [-0.2, -0.15) is 0 Å². The first-order valence-electron chi connectivity index (χ1n) is 6.47. The molecule has 1 rings (SSSR count). The molecule has 1 aromatic rings. The van der Waals surface area contributed by atoms with Crippen LogP contribution in [0.4, 0.5) is 0 Å². The highest BCUT2D eigenvalue weighted by molar-refractivity contribution is 6.13. The fourth-order valence-electron chi connectivity index (χ4n) is 1.89. The summed E-state index contributed by atoms with van der Waals surface area (Å²) in [5, 5.41) is 9.59. The first-order valence-corrected chi connectivity index (χ1v) is 6.47. The third kappa shape index (κ3) is 3.22. The van der Waals surface area contributed by atoms with E-state index < -0.39 is 23.6 Å². The molecular weight excluding hydrogens is 288 g/mol. The molecular formula is C14H18N4O4. The van der Waals surface area contributed by atoms with Crippen molar-refractivity contribution in [1.29, 1.82) is 0 Å². The largest absolute Gasteiger partial charge is 0.355 e. The van der Waals surface area contributed by atoms with Crippen LogP contribution in [0.25, 0.3) is 0 Å². The number of benzene rings is 1. The van der Waals surface area contributed by atoms with E-state index in [2.05, 4.69) is 21.3 Å². The van der Waals surface area contributed by atoms with Crippen molar-refractivity contribution < 1.29 is 19.2 Å². The first kappa shape index (κ1) is 17.2. The Hall–Kier alpha value is -2.90. The van der Waals surface area contributed by atoms with Crippen LogP contribution >= 0.6 is 0 Å². The standard InChI is InChI=1S/C14H18N4O4/c1-15-11(19)7-5-9(13(21)17-3)10(14(22)18-4)6-8(7)12(20)16-2/h5-6H,1-4H3,(H,15,19)(H,16,20)(H,17,21)(H,18,22). The zero-order chi connectivity index (χ0) is 16.9. The van der Waals surface area contributed by atoms with E-state index in [1.807, 2.05) is 0 Å². The summed E-state index contributed by atoms with van der Waals surface area (Å²) in [5.74, 6) is -2.14. The van der Waals surface area contributed by atoms with Gasteiger partial charge < -0.3 is 21.3 Å². The number of hydrogen-bond acceptors (Lipinski definition) is 4. The first-order chi connectivity index (χ1) is 10.4. The van der Waals surface area contributed by atoms with Crippen LogP contribution in [-0.4, -0.2) is 51.8 Å². The van der Waals surface area contributed by atoms with Gasteiger partial charge in [0.05, 0.1) is 22.3 Å². The quantitative estimate of drug-likeness (QED) is 0.578. The van der Waals surface area contributed by atoms with Gasteiger partial charge >= 0.3 is 0 Å². The van der Waals surface area contributed by atoms with Gasteiger partial charge in [-0.25, -0.2) is 0 Å². The zero-order valence-corrected chi connectivity index (χ0v) is 12.8. The second-order valence-electron chi connectivity index (χ2n) is 4.26. The van der Waals surface area contributed by atoms with Gasteiger partial charge in [0, 0.05) is 28.2 Å². The Labute approximate surface area is 127 Å². The third-order valence-corrected chi connectivity index (χ3v) is 3.04.